The van der Waals surface area contributed by atoms with E-state index in [0.29, 0.717) is 5.82 Å². The van der Waals surface area contributed by atoms with Crippen LogP contribution in [-0.4, -0.2) is 43.9 Å². The molecule has 19 heavy (non-hydrogen) atoms. The normalized spacial score (nSPS) is 8.05. The number of hydrogen-bond donors (Lipinski definition) is 1. The maximum absolute atomic E-state index is 11.9. The first-order chi connectivity index (χ1) is 8.88. The Kier molecular flexibility index (Phi) is 6.21. The summed E-state index contributed by atoms with van der Waals surface area (Å²) in [5.74, 6) is -0.258. The van der Waals surface area contributed by atoms with E-state index in [1.165, 1.54) is 0 Å². The van der Waals surface area contributed by atoms with Crippen LogP contribution in [0.4, 0.5) is 0 Å². The minimum atomic E-state index is -0.678. The molecule has 0 saturated heterocycles. The summed E-state index contributed by atoms with van der Waals surface area (Å²) in [5, 5.41) is 28.4. The van der Waals surface area contributed by atoms with Crippen LogP contribution < -0.4 is 5.32 Å². The molecule has 0 unspecified atom stereocenters. The molecule has 0 aromatic rings. The fourth-order valence-corrected chi connectivity index (χ4v) is 1.35. The first kappa shape index (κ1) is 16.0. The molecule has 0 radical (unpaired) electrons. The average Bonchev–Trinajstić information content (AvgIpc) is 2.35. The molecule has 0 aliphatic rings. The Morgan fingerprint density at radius 2 is 1.47 bits per heavy atom. The third kappa shape index (κ3) is 4.41. The predicted molar refractivity (Wildman–Crippen MR) is 67.5 cm³/mol. The lowest BCUT2D eigenvalue weighted by molar-refractivity contribution is -0.116. The summed E-state index contributed by atoms with van der Waals surface area (Å²) >= 11 is 0. The van der Waals surface area contributed by atoms with Crippen LogP contribution in [-0.2, 0) is 4.79 Å². The highest BCUT2D eigenvalue weighted by Crippen LogP contribution is 2.09. The number of hydrogen-bond acceptors (Lipinski definition) is 6. The Bertz CT molecular complexity index is 510. The van der Waals surface area contributed by atoms with Crippen molar-refractivity contribution in [2.24, 2.45) is 0 Å². The van der Waals surface area contributed by atoms with E-state index in [0.717, 1.165) is 6.20 Å². The van der Waals surface area contributed by atoms with Gasteiger partial charge in [0.05, 0.1) is 0 Å². The van der Waals surface area contributed by atoms with Crippen molar-refractivity contribution in [2.75, 3.05) is 28.2 Å². The SMILES string of the molecule is CN(C)C(=C(C#N)C(=O)NC=C(C#N)C#N)N(C)C. The summed E-state index contributed by atoms with van der Waals surface area (Å²) in [5.41, 5.74) is -0.358. The lowest BCUT2D eigenvalue weighted by atomic mass is 10.2. The topological polar surface area (TPSA) is 107 Å². The second-order valence-electron chi connectivity index (χ2n) is 3.85. The second kappa shape index (κ2) is 7.37. The Morgan fingerprint density at radius 1 is 1.00 bits per heavy atom. The molecule has 0 spiro atoms. The van der Waals surface area contributed by atoms with Crippen LogP contribution in [0.2, 0.25) is 0 Å². The maximum atomic E-state index is 11.9. The van der Waals surface area contributed by atoms with E-state index >= 15 is 0 Å². The monoisotopic (exact) mass is 258 g/mol. The predicted octanol–water partition coefficient (Wildman–Crippen LogP) is -0.108. The lowest BCUT2D eigenvalue weighted by Gasteiger charge is -2.25. The molecule has 0 aromatic heterocycles. The molecule has 0 saturated carbocycles. The summed E-state index contributed by atoms with van der Waals surface area (Å²) < 4.78 is 0. The zero-order valence-electron chi connectivity index (χ0n) is 11.2. The fraction of sp³-hybridized carbons (Fsp3) is 0.333. The van der Waals surface area contributed by atoms with E-state index in [-0.39, 0.29) is 11.1 Å². The quantitative estimate of drug-likeness (QED) is 0.557. The number of carbonyl (C=O) groups is 1. The van der Waals surface area contributed by atoms with Gasteiger partial charge in [0.1, 0.15) is 29.6 Å². The highest BCUT2D eigenvalue weighted by Gasteiger charge is 2.18. The van der Waals surface area contributed by atoms with Gasteiger partial charge in [0.2, 0.25) is 0 Å². The highest BCUT2D eigenvalue weighted by atomic mass is 16.1. The molecule has 0 atom stereocenters. The molecule has 0 bridgehead atoms. The molecule has 0 heterocycles. The summed E-state index contributed by atoms with van der Waals surface area (Å²) in [6.45, 7) is 0. The average molecular weight is 258 g/mol. The number of carbonyl (C=O) groups excluding carboxylic acids is 1. The van der Waals surface area contributed by atoms with Gasteiger partial charge in [-0.2, -0.15) is 15.8 Å². The van der Waals surface area contributed by atoms with Crippen molar-refractivity contribution in [3.8, 4) is 18.2 Å². The zero-order valence-corrected chi connectivity index (χ0v) is 11.2. The van der Waals surface area contributed by atoms with Crippen LogP contribution in [0.1, 0.15) is 0 Å². The Labute approximate surface area is 112 Å². The molecule has 0 fully saturated rings. The van der Waals surface area contributed by atoms with Gasteiger partial charge in [-0.1, -0.05) is 0 Å². The van der Waals surface area contributed by atoms with Crippen molar-refractivity contribution in [3.63, 3.8) is 0 Å². The van der Waals surface area contributed by atoms with E-state index in [1.54, 1.807) is 50.1 Å². The van der Waals surface area contributed by atoms with Crippen LogP contribution in [0.3, 0.4) is 0 Å². The number of nitrogens with zero attached hydrogens (tertiary/aromatic N) is 5. The number of amides is 1. The van der Waals surface area contributed by atoms with Crippen molar-refractivity contribution in [1.82, 2.24) is 15.1 Å². The smallest absolute Gasteiger partial charge is 0.269 e. The third-order valence-electron chi connectivity index (χ3n) is 2.00. The Hall–Kier alpha value is -2.98. The van der Waals surface area contributed by atoms with Gasteiger partial charge in [-0.15, -0.1) is 0 Å². The van der Waals surface area contributed by atoms with Gasteiger partial charge in [0.25, 0.3) is 5.91 Å². The van der Waals surface area contributed by atoms with Crippen LogP contribution in [0.15, 0.2) is 23.2 Å². The number of rotatable bonds is 4. The first-order valence-electron chi connectivity index (χ1n) is 5.19. The maximum Gasteiger partial charge on any atom is 0.269 e. The second-order valence-corrected chi connectivity index (χ2v) is 3.85. The molecule has 0 aliphatic carbocycles. The van der Waals surface area contributed by atoms with Crippen molar-refractivity contribution in [1.29, 1.82) is 15.8 Å². The van der Waals surface area contributed by atoms with Crippen LogP contribution >= 0.6 is 0 Å². The molecule has 98 valence electrons. The fourth-order valence-electron chi connectivity index (χ4n) is 1.35. The van der Waals surface area contributed by atoms with Crippen molar-refractivity contribution < 1.29 is 4.79 Å². The van der Waals surface area contributed by atoms with Gasteiger partial charge in [-0.25, -0.2) is 0 Å². The minimum Gasteiger partial charge on any atom is -0.363 e. The summed E-state index contributed by atoms with van der Waals surface area (Å²) in [4.78, 5) is 15.1. The zero-order chi connectivity index (χ0) is 15.0. The largest absolute Gasteiger partial charge is 0.363 e. The Morgan fingerprint density at radius 3 is 1.79 bits per heavy atom. The summed E-state index contributed by atoms with van der Waals surface area (Å²) in [7, 11) is 6.80. The van der Waals surface area contributed by atoms with E-state index in [2.05, 4.69) is 5.32 Å². The lowest BCUT2D eigenvalue weighted by Crippen LogP contribution is -2.31. The van der Waals surface area contributed by atoms with Crippen molar-refractivity contribution >= 4 is 5.91 Å². The first-order valence-corrected chi connectivity index (χ1v) is 5.19. The van der Waals surface area contributed by atoms with E-state index in [1.807, 2.05) is 6.07 Å². The van der Waals surface area contributed by atoms with Gasteiger partial charge in [0.15, 0.2) is 5.57 Å². The van der Waals surface area contributed by atoms with Gasteiger partial charge in [0, 0.05) is 34.4 Å². The van der Waals surface area contributed by atoms with E-state index in [9.17, 15) is 4.79 Å². The van der Waals surface area contributed by atoms with Crippen molar-refractivity contribution in [2.45, 2.75) is 0 Å². The van der Waals surface area contributed by atoms with Crippen molar-refractivity contribution in [3.05, 3.63) is 23.2 Å². The summed E-state index contributed by atoms with van der Waals surface area (Å²) in [6.07, 6.45) is 0.975. The molecule has 0 aromatic carbocycles. The van der Waals surface area contributed by atoms with Gasteiger partial charge < -0.3 is 15.1 Å². The third-order valence-corrected chi connectivity index (χ3v) is 2.00. The highest BCUT2D eigenvalue weighted by molar-refractivity contribution is 5.98. The number of nitrogens with one attached hydrogen (secondary N) is 1. The van der Waals surface area contributed by atoms with Gasteiger partial charge in [-0.3, -0.25) is 4.79 Å². The van der Waals surface area contributed by atoms with E-state index < -0.39 is 5.91 Å². The van der Waals surface area contributed by atoms with Gasteiger partial charge >= 0.3 is 0 Å². The van der Waals surface area contributed by atoms with E-state index in [4.69, 9.17) is 15.8 Å². The molecule has 1 amide bonds. The molecule has 0 aliphatic heterocycles. The molecular weight excluding hydrogens is 244 g/mol. The Balaban J connectivity index is 5.42. The molecule has 1 N–H and O–H groups in total. The molecular formula is C12H14N6O. The van der Waals surface area contributed by atoms with Crippen LogP contribution in [0.5, 0.6) is 0 Å². The minimum absolute atomic E-state index is 0.110. The molecule has 7 nitrogen and oxygen atoms in total. The molecule has 0 rings (SSSR count). The standard InChI is InChI=1S/C12H14N6O/c1-17(2)12(18(3)4)10(7-15)11(19)16-8-9(5-13)6-14/h8H,1-4H3,(H,16,19). The van der Waals surface area contributed by atoms with Crippen LogP contribution in [0.25, 0.3) is 0 Å². The van der Waals surface area contributed by atoms with Crippen LogP contribution in [0, 0.1) is 34.0 Å². The number of allylic oxidation sites excluding steroid dienone is 1. The van der Waals surface area contributed by atoms with Gasteiger partial charge in [-0.05, 0) is 0 Å². The number of nitriles is 3. The molecule has 7 heteroatoms. The summed E-state index contributed by atoms with van der Waals surface area (Å²) in [6, 6.07) is 5.02.